The molecule has 0 saturated carbocycles. The average Bonchev–Trinajstić information content (AvgIpc) is 2.49. The summed E-state index contributed by atoms with van der Waals surface area (Å²) in [5, 5.41) is 3.62. The summed E-state index contributed by atoms with van der Waals surface area (Å²) in [4.78, 5) is 2.54. The zero-order chi connectivity index (χ0) is 13.1. The molecule has 0 amide bonds. The third kappa shape index (κ3) is 2.55. The Labute approximate surface area is 115 Å². The minimum absolute atomic E-state index is 0.313. The lowest BCUT2D eigenvalue weighted by atomic mass is 9.90. The predicted molar refractivity (Wildman–Crippen MR) is 77.1 cm³/mol. The van der Waals surface area contributed by atoms with Crippen LogP contribution in [0.5, 0.6) is 0 Å². The van der Waals surface area contributed by atoms with Crippen LogP contribution in [-0.2, 0) is 16.9 Å². The van der Waals surface area contributed by atoms with Gasteiger partial charge in [0.15, 0.2) is 5.72 Å². The summed E-state index contributed by atoms with van der Waals surface area (Å²) in [6.45, 7) is 4.36. The smallest absolute Gasteiger partial charge is 0.157 e. The molecular formula is C16H24N2O. The fourth-order valence-corrected chi connectivity index (χ4v) is 3.45. The van der Waals surface area contributed by atoms with Crippen LogP contribution in [0.3, 0.4) is 0 Å². The van der Waals surface area contributed by atoms with Crippen LogP contribution >= 0.6 is 0 Å². The van der Waals surface area contributed by atoms with E-state index in [-0.39, 0.29) is 5.72 Å². The van der Waals surface area contributed by atoms with Gasteiger partial charge in [0.1, 0.15) is 0 Å². The molecule has 2 aliphatic heterocycles. The maximum Gasteiger partial charge on any atom is 0.157 e. The van der Waals surface area contributed by atoms with Crippen molar-refractivity contribution in [2.75, 3.05) is 33.3 Å². The van der Waals surface area contributed by atoms with Crippen molar-refractivity contribution in [3.63, 3.8) is 0 Å². The third-order valence-electron chi connectivity index (χ3n) is 4.50. The predicted octanol–water partition coefficient (Wildman–Crippen LogP) is 2.12. The maximum absolute atomic E-state index is 5.96. The fraction of sp³-hybridized carbons (Fsp3) is 0.625. The Morgan fingerprint density at radius 3 is 2.79 bits per heavy atom. The number of benzene rings is 1. The quantitative estimate of drug-likeness (QED) is 0.901. The van der Waals surface area contributed by atoms with E-state index < -0.39 is 0 Å². The molecule has 1 N–H and O–H groups in total. The van der Waals surface area contributed by atoms with E-state index in [0.29, 0.717) is 0 Å². The number of fused-ring (bicyclic) bond motifs is 1. The first-order chi connectivity index (χ1) is 9.34. The molecule has 3 nitrogen and oxygen atoms in total. The van der Waals surface area contributed by atoms with E-state index in [4.69, 9.17) is 4.74 Å². The molecule has 1 atom stereocenters. The van der Waals surface area contributed by atoms with Gasteiger partial charge in [0.25, 0.3) is 0 Å². The van der Waals surface area contributed by atoms with Crippen LogP contribution in [0, 0.1) is 0 Å². The summed E-state index contributed by atoms with van der Waals surface area (Å²) in [5.41, 5.74) is 2.45. The molecule has 1 unspecified atom stereocenters. The number of likely N-dealkylation sites (tertiary alicyclic amines) is 1. The summed E-state index contributed by atoms with van der Waals surface area (Å²) in [5.74, 6) is 0. The Hall–Kier alpha value is -0.900. The van der Waals surface area contributed by atoms with Gasteiger partial charge in [0.05, 0.1) is 0 Å². The van der Waals surface area contributed by atoms with Crippen molar-refractivity contribution in [1.29, 1.82) is 0 Å². The Morgan fingerprint density at radius 2 is 2.00 bits per heavy atom. The molecule has 19 heavy (non-hydrogen) atoms. The van der Waals surface area contributed by atoms with Gasteiger partial charge >= 0.3 is 0 Å². The minimum Gasteiger partial charge on any atom is -0.358 e. The zero-order valence-electron chi connectivity index (χ0n) is 11.8. The molecule has 2 aliphatic rings. The van der Waals surface area contributed by atoms with Crippen LogP contribution in [-0.4, -0.2) is 38.2 Å². The molecule has 0 bridgehead atoms. The lowest BCUT2D eigenvalue weighted by Gasteiger charge is -2.43. The van der Waals surface area contributed by atoms with Crippen molar-refractivity contribution in [3.8, 4) is 0 Å². The SMILES string of the molecule is COC1(CN2CCCCC2)NCCc2ccccc21. The summed E-state index contributed by atoms with van der Waals surface area (Å²) < 4.78 is 5.96. The van der Waals surface area contributed by atoms with Crippen LogP contribution in [0.4, 0.5) is 0 Å². The summed E-state index contributed by atoms with van der Waals surface area (Å²) in [6, 6.07) is 8.70. The number of nitrogens with zero attached hydrogens (tertiary/aromatic N) is 1. The second kappa shape index (κ2) is 5.61. The van der Waals surface area contributed by atoms with Crippen molar-refractivity contribution >= 4 is 0 Å². The number of hydrogen-bond donors (Lipinski definition) is 1. The van der Waals surface area contributed by atoms with E-state index in [1.165, 1.54) is 43.5 Å². The average molecular weight is 260 g/mol. The highest BCUT2D eigenvalue weighted by Gasteiger charge is 2.38. The van der Waals surface area contributed by atoms with Gasteiger partial charge in [-0.15, -0.1) is 0 Å². The molecule has 3 heteroatoms. The number of rotatable bonds is 3. The fourth-order valence-electron chi connectivity index (χ4n) is 3.45. The molecule has 0 spiro atoms. The molecule has 3 rings (SSSR count). The van der Waals surface area contributed by atoms with E-state index in [0.717, 1.165) is 19.5 Å². The first-order valence-electron chi connectivity index (χ1n) is 7.45. The van der Waals surface area contributed by atoms with Crippen molar-refractivity contribution in [2.24, 2.45) is 0 Å². The molecule has 1 saturated heterocycles. The van der Waals surface area contributed by atoms with Crippen LogP contribution in [0.1, 0.15) is 30.4 Å². The molecule has 1 fully saturated rings. The second-order valence-corrected chi connectivity index (χ2v) is 5.70. The van der Waals surface area contributed by atoms with E-state index >= 15 is 0 Å². The number of ether oxygens (including phenoxy) is 1. The molecule has 0 aromatic heterocycles. The van der Waals surface area contributed by atoms with Gasteiger partial charge < -0.3 is 4.74 Å². The monoisotopic (exact) mass is 260 g/mol. The van der Waals surface area contributed by atoms with Crippen molar-refractivity contribution in [2.45, 2.75) is 31.4 Å². The molecule has 104 valence electrons. The van der Waals surface area contributed by atoms with Gasteiger partial charge in [0.2, 0.25) is 0 Å². The van der Waals surface area contributed by atoms with E-state index in [1.807, 2.05) is 7.11 Å². The van der Waals surface area contributed by atoms with Crippen LogP contribution in [0.2, 0.25) is 0 Å². The molecule has 0 radical (unpaired) electrons. The Kier molecular flexibility index (Phi) is 3.87. The summed E-state index contributed by atoms with van der Waals surface area (Å²) in [6.07, 6.45) is 5.12. The minimum atomic E-state index is -0.313. The summed E-state index contributed by atoms with van der Waals surface area (Å²) >= 11 is 0. The lowest BCUT2D eigenvalue weighted by molar-refractivity contribution is -0.0755. The topological polar surface area (TPSA) is 24.5 Å². The normalized spacial score (nSPS) is 28.1. The van der Waals surface area contributed by atoms with Gasteiger partial charge in [-0.2, -0.15) is 0 Å². The number of nitrogens with one attached hydrogen (secondary N) is 1. The molecule has 1 aromatic carbocycles. The van der Waals surface area contributed by atoms with E-state index in [1.54, 1.807) is 0 Å². The highest BCUT2D eigenvalue weighted by molar-refractivity contribution is 5.35. The largest absolute Gasteiger partial charge is 0.358 e. The van der Waals surface area contributed by atoms with Gasteiger partial charge in [0, 0.05) is 25.8 Å². The first kappa shape index (κ1) is 13.1. The van der Waals surface area contributed by atoms with Crippen LogP contribution in [0.25, 0.3) is 0 Å². The highest BCUT2D eigenvalue weighted by Crippen LogP contribution is 2.31. The van der Waals surface area contributed by atoms with Gasteiger partial charge in [-0.1, -0.05) is 30.7 Å². The van der Waals surface area contributed by atoms with Crippen molar-refractivity contribution in [3.05, 3.63) is 35.4 Å². The number of methoxy groups -OCH3 is 1. The maximum atomic E-state index is 5.96. The highest BCUT2D eigenvalue weighted by atomic mass is 16.5. The van der Waals surface area contributed by atoms with Crippen LogP contribution in [0.15, 0.2) is 24.3 Å². The Morgan fingerprint density at radius 1 is 1.21 bits per heavy atom. The zero-order valence-corrected chi connectivity index (χ0v) is 11.8. The second-order valence-electron chi connectivity index (χ2n) is 5.70. The van der Waals surface area contributed by atoms with Crippen molar-refractivity contribution < 1.29 is 4.74 Å². The summed E-state index contributed by atoms with van der Waals surface area (Å²) in [7, 11) is 1.83. The first-order valence-corrected chi connectivity index (χ1v) is 7.45. The Balaban J connectivity index is 1.86. The van der Waals surface area contributed by atoms with E-state index in [9.17, 15) is 0 Å². The number of hydrogen-bond acceptors (Lipinski definition) is 3. The van der Waals surface area contributed by atoms with Crippen LogP contribution < -0.4 is 5.32 Å². The lowest BCUT2D eigenvalue weighted by Crippen LogP contribution is -2.56. The molecule has 1 aromatic rings. The molecule has 2 heterocycles. The Bertz CT molecular complexity index is 429. The van der Waals surface area contributed by atoms with Crippen molar-refractivity contribution in [1.82, 2.24) is 10.2 Å². The molecule has 0 aliphatic carbocycles. The third-order valence-corrected chi connectivity index (χ3v) is 4.50. The van der Waals surface area contributed by atoms with Gasteiger partial charge in [-0.3, -0.25) is 10.2 Å². The number of piperidine rings is 1. The van der Waals surface area contributed by atoms with Gasteiger partial charge in [-0.05, 0) is 37.9 Å². The molecular weight excluding hydrogens is 236 g/mol. The van der Waals surface area contributed by atoms with E-state index in [2.05, 4.69) is 34.5 Å². The standard InChI is InChI=1S/C16H24N2O/c1-19-16(13-18-11-5-2-6-12-18)15-8-4-3-7-14(15)9-10-17-16/h3-4,7-8,17H,2,5-6,9-13H2,1H3. The van der Waals surface area contributed by atoms with Gasteiger partial charge in [-0.25, -0.2) is 0 Å².